The molecular weight excluding hydrogens is 435 g/mol. The second-order valence-electron chi connectivity index (χ2n) is 6.83. The summed E-state index contributed by atoms with van der Waals surface area (Å²) in [7, 11) is 0. The van der Waals surface area contributed by atoms with Gasteiger partial charge in [0.15, 0.2) is 6.61 Å². The zero-order valence-electron chi connectivity index (χ0n) is 16.4. The van der Waals surface area contributed by atoms with Gasteiger partial charge >= 0.3 is 0 Å². The summed E-state index contributed by atoms with van der Waals surface area (Å²) in [6.07, 6.45) is 0. The molecule has 0 saturated heterocycles. The molecule has 1 N–H and O–H groups in total. The zero-order valence-corrected chi connectivity index (χ0v) is 18.7. The van der Waals surface area contributed by atoms with Crippen LogP contribution in [0.2, 0.25) is 15.1 Å². The van der Waals surface area contributed by atoms with Gasteiger partial charge in [-0.25, -0.2) is 0 Å². The van der Waals surface area contributed by atoms with Crippen molar-refractivity contribution in [2.45, 2.75) is 39.4 Å². The van der Waals surface area contributed by atoms with Gasteiger partial charge in [0, 0.05) is 12.6 Å². The van der Waals surface area contributed by atoms with Crippen LogP contribution in [-0.4, -0.2) is 35.4 Å². The summed E-state index contributed by atoms with van der Waals surface area (Å²) in [5.74, 6) is -0.218. The van der Waals surface area contributed by atoms with Gasteiger partial charge in [0.2, 0.25) is 5.91 Å². The molecule has 0 unspecified atom stereocenters. The summed E-state index contributed by atoms with van der Waals surface area (Å²) in [6.45, 7) is 5.30. The summed E-state index contributed by atoms with van der Waals surface area (Å²) < 4.78 is 5.57. The van der Waals surface area contributed by atoms with Gasteiger partial charge in [0.25, 0.3) is 5.91 Å². The van der Waals surface area contributed by atoms with Gasteiger partial charge < -0.3 is 15.0 Å². The Labute approximate surface area is 185 Å². The van der Waals surface area contributed by atoms with Crippen molar-refractivity contribution in [3.8, 4) is 5.75 Å². The zero-order chi connectivity index (χ0) is 21.6. The second-order valence-corrected chi connectivity index (χ2v) is 8.05. The van der Waals surface area contributed by atoms with Gasteiger partial charge in [-0.1, -0.05) is 53.0 Å². The van der Waals surface area contributed by atoms with E-state index in [1.807, 2.05) is 13.8 Å². The predicted molar refractivity (Wildman–Crippen MR) is 117 cm³/mol. The topological polar surface area (TPSA) is 58.6 Å². The molecule has 1 atom stereocenters. The molecule has 156 valence electrons. The average Bonchev–Trinajstić information content (AvgIpc) is 2.67. The molecule has 2 rings (SSSR count). The Balaban J connectivity index is 2.20. The molecule has 0 fully saturated rings. The molecule has 0 spiro atoms. The van der Waals surface area contributed by atoms with Crippen LogP contribution < -0.4 is 10.1 Å². The summed E-state index contributed by atoms with van der Waals surface area (Å²) in [4.78, 5) is 26.9. The SMILES string of the molecule is CC(C)NC(=O)[C@@H](C)N(Cc1ccc(Cl)c(Cl)c1)C(=O)COc1ccccc1Cl. The molecule has 5 nitrogen and oxygen atoms in total. The molecule has 8 heteroatoms. The maximum atomic E-state index is 12.9. The van der Waals surface area contributed by atoms with E-state index in [1.165, 1.54) is 4.90 Å². The molecule has 2 aromatic rings. The number of para-hydroxylation sites is 1. The summed E-state index contributed by atoms with van der Waals surface area (Å²) in [5.41, 5.74) is 0.745. The Morgan fingerprint density at radius 1 is 1.00 bits per heavy atom. The van der Waals surface area contributed by atoms with Crippen LogP contribution in [0.5, 0.6) is 5.75 Å². The quantitative estimate of drug-likeness (QED) is 0.609. The van der Waals surface area contributed by atoms with E-state index in [-0.39, 0.29) is 31.0 Å². The van der Waals surface area contributed by atoms with Crippen LogP contribution >= 0.6 is 34.8 Å². The fourth-order valence-electron chi connectivity index (χ4n) is 2.61. The average molecular weight is 458 g/mol. The van der Waals surface area contributed by atoms with Crippen LogP contribution in [0.15, 0.2) is 42.5 Å². The van der Waals surface area contributed by atoms with Crippen molar-refractivity contribution in [2.24, 2.45) is 0 Å². The first-order chi connectivity index (χ1) is 13.7. The van der Waals surface area contributed by atoms with Crippen molar-refractivity contribution in [3.63, 3.8) is 0 Å². The molecule has 0 aromatic heterocycles. The van der Waals surface area contributed by atoms with Crippen LogP contribution in [0.4, 0.5) is 0 Å². The lowest BCUT2D eigenvalue weighted by Crippen LogP contribution is -2.50. The molecule has 29 heavy (non-hydrogen) atoms. The largest absolute Gasteiger partial charge is 0.482 e. The Hall–Kier alpha value is -1.95. The molecule has 0 bridgehead atoms. The summed E-state index contributed by atoms with van der Waals surface area (Å²) >= 11 is 18.1. The summed E-state index contributed by atoms with van der Waals surface area (Å²) in [6, 6.07) is 11.2. The van der Waals surface area contributed by atoms with Gasteiger partial charge in [0.1, 0.15) is 11.8 Å². The molecule has 0 aliphatic heterocycles. The van der Waals surface area contributed by atoms with Gasteiger partial charge in [-0.2, -0.15) is 0 Å². The van der Waals surface area contributed by atoms with Crippen LogP contribution in [-0.2, 0) is 16.1 Å². The number of carbonyl (C=O) groups is 2. The van der Waals surface area contributed by atoms with Crippen LogP contribution in [0.25, 0.3) is 0 Å². The normalized spacial score (nSPS) is 11.8. The lowest BCUT2D eigenvalue weighted by atomic mass is 10.1. The Morgan fingerprint density at radius 3 is 2.31 bits per heavy atom. The fraction of sp³-hybridized carbons (Fsp3) is 0.333. The number of hydrogen-bond donors (Lipinski definition) is 1. The third-order valence-electron chi connectivity index (χ3n) is 4.12. The van der Waals surface area contributed by atoms with E-state index < -0.39 is 6.04 Å². The van der Waals surface area contributed by atoms with Crippen molar-refractivity contribution in [1.82, 2.24) is 10.2 Å². The first-order valence-electron chi connectivity index (χ1n) is 9.10. The molecular formula is C21H23Cl3N2O3. The van der Waals surface area contributed by atoms with E-state index in [2.05, 4.69) is 5.32 Å². The van der Waals surface area contributed by atoms with Crippen LogP contribution in [0.3, 0.4) is 0 Å². The van der Waals surface area contributed by atoms with E-state index in [1.54, 1.807) is 49.4 Å². The number of nitrogens with one attached hydrogen (secondary N) is 1. The first-order valence-corrected chi connectivity index (χ1v) is 10.2. The minimum absolute atomic E-state index is 0.0498. The molecule has 0 aliphatic rings. The standard InChI is InChI=1S/C21H23Cl3N2O3/c1-13(2)25-21(28)14(3)26(11-15-8-9-16(22)18(24)10-15)20(27)12-29-19-7-5-4-6-17(19)23/h4-10,13-14H,11-12H2,1-3H3,(H,25,28)/t14-/m1/s1. The number of nitrogens with zero attached hydrogens (tertiary/aromatic N) is 1. The van der Waals surface area contributed by atoms with Gasteiger partial charge in [-0.3, -0.25) is 9.59 Å². The maximum Gasteiger partial charge on any atom is 0.261 e. The minimum Gasteiger partial charge on any atom is -0.482 e. The van der Waals surface area contributed by atoms with E-state index in [0.29, 0.717) is 20.8 Å². The number of hydrogen-bond acceptors (Lipinski definition) is 3. The highest BCUT2D eigenvalue weighted by atomic mass is 35.5. The van der Waals surface area contributed by atoms with Crippen molar-refractivity contribution < 1.29 is 14.3 Å². The van der Waals surface area contributed by atoms with E-state index in [0.717, 1.165) is 5.56 Å². The minimum atomic E-state index is -0.714. The van der Waals surface area contributed by atoms with Gasteiger partial charge in [0.05, 0.1) is 15.1 Å². The van der Waals surface area contributed by atoms with Crippen molar-refractivity contribution in [3.05, 3.63) is 63.1 Å². The van der Waals surface area contributed by atoms with Gasteiger partial charge in [-0.15, -0.1) is 0 Å². The van der Waals surface area contributed by atoms with Gasteiger partial charge in [-0.05, 0) is 50.6 Å². The number of benzene rings is 2. The lowest BCUT2D eigenvalue weighted by molar-refractivity contribution is -0.142. The third-order valence-corrected chi connectivity index (χ3v) is 5.17. The highest BCUT2D eigenvalue weighted by Crippen LogP contribution is 2.25. The molecule has 2 aromatic carbocycles. The van der Waals surface area contributed by atoms with Crippen LogP contribution in [0.1, 0.15) is 26.3 Å². The second kappa shape index (κ2) is 10.7. The van der Waals surface area contributed by atoms with Crippen molar-refractivity contribution in [2.75, 3.05) is 6.61 Å². The summed E-state index contributed by atoms with van der Waals surface area (Å²) in [5, 5.41) is 4.03. The number of carbonyl (C=O) groups excluding carboxylic acids is 2. The monoisotopic (exact) mass is 456 g/mol. The van der Waals surface area contributed by atoms with E-state index in [4.69, 9.17) is 39.5 Å². The predicted octanol–water partition coefficient (Wildman–Crippen LogP) is 4.97. The van der Waals surface area contributed by atoms with E-state index in [9.17, 15) is 9.59 Å². The van der Waals surface area contributed by atoms with Crippen LogP contribution in [0, 0.1) is 0 Å². The Morgan fingerprint density at radius 2 is 1.69 bits per heavy atom. The molecule has 0 radical (unpaired) electrons. The molecule has 0 saturated carbocycles. The van der Waals surface area contributed by atoms with Crippen molar-refractivity contribution >= 4 is 46.6 Å². The Bertz CT molecular complexity index is 874. The smallest absolute Gasteiger partial charge is 0.261 e. The fourth-order valence-corrected chi connectivity index (χ4v) is 3.12. The lowest BCUT2D eigenvalue weighted by Gasteiger charge is -2.29. The molecule has 2 amide bonds. The third kappa shape index (κ3) is 6.81. The molecule has 0 aliphatic carbocycles. The first kappa shape index (κ1) is 23.3. The number of ether oxygens (including phenoxy) is 1. The Kier molecular flexibility index (Phi) is 8.62. The highest BCUT2D eigenvalue weighted by Gasteiger charge is 2.27. The molecule has 0 heterocycles. The van der Waals surface area contributed by atoms with E-state index >= 15 is 0 Å². The number of halogens is 3. The number of amides is 2. The highest BCUT2D eigenvalue weighted by molar-refractivity contribution is 6.42. The number of rotatable bonds is 8. The maximum absolute atomic E-state index is 12.9. The van der Waals surface area contributed by atoms with Crippen molar-refractivity contribution in [1.29, 1.82) is 0 Å².